The van der Waals surface area contributed by atoms with Gasteiger partial charge in [-0.25, -0.2) is 0 Å². The Bertz CT molecular complexity index is 750. The summed E-state index contributed by atoms with van der Waals surface area (Å²) in [6.07, 6.45) is 4.53. The summed E-state index contributed by atoms with van der Waals surface area (Å²) < 4.78 is 0. The second-order valence-electron chi connectivity index (χ2n) is 5.98. The van der Waals surface area contributed by atoms with E-state index in [-0.39, 0.29) is 23.2 Å². The Morgan fingerprint density at radius 1 is 1.17 bits per heavy atom. The first-order valence-electron chi connectivity index (χ1n) is 7.89. The number of nitrogens with one attached hydrogen (secondary N) is 2. The minimum atomic E-state index is -0.280. The van der Waals surface area contributed by atoms with Crippen molar-refractivity contribution in [2.75, 3.05) is 0 Å². The van der Waals surface area contributed by atoms with Crippen LogP contribution in [0.5, 0.6) is 0 Å². The Balaban J connectivity index is 1.86. The van der Waals surface area contributed by atoms with Crippen molar-refractivity contribution in [3.63, 3.8) is 0 Å². The summed E-state index contributed by atoms with van der Waals surface area (Å²) in [7, 11) is 0. The number of pyridine rings is 1. The number of hydrogen-bond donors (Lipinski definition) is 2. The third-order valence-corrected chi connectivity index (χ3v) is 4.61. The zero-order valence-corrected chi connectivity index (χ0v) is 13.5. The van der Waals surface area contributed by atoms with Crippen LogP contribution in [-0.4, -0.2) is 10.9 Å². The molecule has 0 aliphatic heterocycles. The van der Waals surface area contributed by atoms with Gasteiger partial charge < -0.3 is 10.3 Å². The van der Waals surface area contributed by atoms with Gasteiger partial charge in [-0.2, -0.15) is 0 Å². The van der Waals surface area contributed by atoms with Crippen LogP contribution in [0.3, 0.4) is 0 Å². The lowest BCUT2D eigenvalue weighted by Crippen LogP contribution is -2.34. The van der Waals surface area contributed by atoms with Crippen molar-refractivity contribution in [3.05, 3.63) is 69.1 Å². The van der Waals surface area contributed by atoms with Gasteiger partial charge in [0.05, 0.1) is 6.04 Å². The van der Waals surface area contributed by atoms with Gasteiger partial charge in [0.1, 0.15) is 5.69 Å². The van der Waals surface area contributed by atoms with E-state index in [0.717, 1.165) is 18.4 Å². The molecule has 1 heterocycles. The number of aromatic nitrogens is 1. The van der Waals surface area contributed by atoms with E-state index in [2.05, 4.69) is 10.3 Å². The van der Waals surface area contributed by atoms with E-state index in [1.54, 1.807) is 12.1 Å². The number of rotatable bonds is 4. The molecule has 1 atom stereocenters. The van der Waals surface area contributed by atoms with Gasteiger partial charge in [0.2, 0.25) is 5.56 Å². The van der Waals surface area contributed by atoms with Crippen LogP contribution < -0.4 is 10.9 Å². The number of carbonyl (C=O) groups excluding carboxylic acids is 1. The molecule has 2 N–H and O–H groups in total. The number of aromatic amines is 1. The van der Waals surface area contributed by atoms with E-state index in [1.807, 2.05) is 24.3 Å². The van der Waals surface area contributed by atoms with Crippen LogP contribution >= 0.6 is 11.6 Å². The van der Waals surface area contributed by atoms with E-state index in [1.165, 1.54) is 18.9 Å². The van der Waals surface area contributed by atoms with Gasteiger partial charge in [0, 0.05) is 11.1 Å². The largest absolute Gasteiger partial charge is 0.344 e. The van der Waals surface area contributed by atoms with Gasteiger partial charge in [-0.1, -0.05) is 42.6 Å². The maximum atomic E-state index is 12.5. The lowest BCUT2D eigenvalue weighted by molar-refractivity contribution is 0.0916. The average molecular weight is 331 g/mol. The zero-order valence-electron chi connectivity index (χ0n) is 12.7. The van der Waals surface area contributed by atoms with E-state index in [9.17, 15) is 9.59 Å². The number of hydrogen-bond acceptors (Lipinski definition) is 2. The van der Waals surface area contributed by atoms with E-state index in [0.29, 0.717) is 10.9 Å². The molecule has 2 aromatic rings. The highest BCUT2D eigenvalue weighted by molar-refractivity contribution is 6.30. The van der Waals surface area contributed by atoms with Crippen LogP contribution in [0.2, 0.25) is 5.02 Å². The quantitative estimate of drug-likeness (QED) is 0.898. The van der Waals surface area contributed by atoms with Gasteiger partial charge in [-0.15, -0.1) is 0 Å². The molecule has 1 saturated carbocycles. The molecule has 3 rings (SSSR count). The highest BCUT2D eigenvalue weighted by Crippen LogP contribution is 2.36. The molecular weight excluding hydrogens is 312 g/mol. The standard InChI is InChI=1S/C18H19ClN2O2/c19-14-8-3-7-13(11-14)17(12-5-1-2-6-12)21-18(23)15-9-4-10-16(22)20-15/h3-4,7-12,17H,1-2,5-6H2,(H,20,22)(H,21,23). The molecule has 1 amide bonds. The summed E-state index contributed by atoms with van der Waals surface area (Å²) in [5, 5.41) is 3.74. The molecule has 1 aromatic carbocycles. The number of carbonyl (C=O) groups is 1. The Labute approximate surface area is 139 Å². The summed E-state index contributed by atoms with van der Waals surface area (Å²) in [6.45, 7) is 0. The second-order valence-corrected chi connectivity index (χ2v) is 6.42. The van der Waals surface area contributed by atoms with Crippen molar-refractivity contribution < 1.29 is 4.79 Å². The Morgan fingerprint density at radius 3 is 2.61 bits per heavy atom. The Kier molecular flexibility index (Phi) is 4.82. The lowest BCUT2D eigenvalue weighted by Gasteiger charge is -2.25. The van der Waals surface area contributed by atoms with Crippen LogP contribution in [0, 0.1) is 5.92 Å². The van der Waals surface area contributed by atoms with Gasteiger partial charge in [0.15, 0.2) is 0 Å². The van der Waals surface area contributed by atoms with Crippen LogP contribution in [0.15, 0.2) is 47.3 Å². The first-order chi connectivity index (χ1) is 11.1. The zero-order chi connectivity index (χ0) is 16.2. The smallest absolute Gasteiger partial charge is 0.268 e. The number of amides is 1. The van der Waals surface area contributed by atoms with Crippen LogP contribution in [-0.2, 0) is 0 Å². The van der Waals surface area contributed by atoms with Crippen molar-refractivity contribution >= 4 is 17.5 Å². The third-order valence-electron chi connectivity index (χ3n) is 4.38. The third kappa shape index (κ3) is 3.82. The molecule has 1 aliphatic rings. The topological polar surface area (TPSA) is 62.0 Å². The Hall–Kier alpha value is -2.07. The van der Waals surface area contributed by atoms with Crippen molar-refractivity contribution in [2.45, 2.75) is 31.7 Å². The predicted molar refractivity (Wildman–Crippen MR) is 90.7 cm³/mol. The molecule has 5 heteroatoms. The van der Waals surface area contributed by atoms with Gasteiger partial charge >= 0.3 is 0 Å². The molecule has 1 aromatic heterocycles. The second kappa shape index (κ2) is 7.01. The molecule has 120 valence electrons. The predicted octanol–water partition coefficient (Wildman–Crippen LogP) is 3.69. The molecule has 1 fully saturated rings. The first kappa shape index (κ1) is 15.8. The summed E-state index contributed by atoms with van der Waals surface area (Å²) in [6, 6.07) is 12.1. The highest BCUT2D eigenvalue weighted by Gasteiger charge is 2.28. The molecule has 0 bridgehead atoms. The van der Waals surface area contributed by atoms with E-state index < -0.39 is 0 Å². The maximum absolute atomic E-state index is 12.5. The summed E-state index contributed by atoms with van der Waals surface area (Å²) in [5.74, 6) is 0.132. The first-order valence-corrected chi connectivity index (χ1v) is 8.27. The molecule has 0 radical (unpaired) electrons. The molecule has 1 aliphatic carbocycles. The highest BCUT2D eigenvalue weighted by atomic mass is 35.5. The van der Waals surface area contributed by atoms with Crippen LogP contribution in [0.25, 0.3) is 0 Å². The number of halogens is 1. The molecular formula is C18H19ClN2O2. The molecule has 23 heavy (non-hydrogen) atoms. The summed E-state index contributed by atoms with van der Waals surface area (Å²) >= 11 is 6.11. The normalized spacial score (nSPS) is 16.2. The number of H-pyrrole nitrogens is 1. The van der Waals surface area contributed by atoms with Crippen molar-refractivity contribution in [1.29, 1.82) is 0 Å². The fourth-order valence-corrected chi connectivity index (χ4v) is 3.46. The van der Waals surface area contributed by atoms with Gasteiger partial charge in [-0.05, 0) is 42.5 Å². The summed E-state index contributed by atoms with van der Waals surface area (Å²) in [4.78, 5) is 26.5. The maximum Gasteiger partial charge on any atom is 0.268 e. The fourth-order valence-electron chi connectivity index (χ4n) is 3.26. The molecule has 1 unspecified atom stereocenters. The van der Waals surface area contributed by atoms with Crippen LogP contribution in [0.1, 0.15) is 47.8 Å². The van der Waals surface area contributed by atoms with E-state index in [4.69, 9.17) is 11.6 Å². The minimum Gasteiger partial charge on any atom is -0.344 e. The molecule has 0 spiro atoms. The monoisotopic (exact) mass is 330 g/mol. The average Bonchev–Trinajstić information content (AvgIpc) is 3.06. The van der Waals surface area contributed by atoms with Crippen molar-refractivity contribution in [2.24, 2.45) is 5.92 Å². The van der Waals surface area contributed by atoms with Gasteiger partial charge in [-0.3, -0.25) is 9.59 Å². The summed E-state index contributed by atoms with van der Waals surface area (Å²) in [5.41, 5.74) is 1.01. The number of benzene rings is 1. The van der Waals surface area contributed by atoms with Gasteiger partial charge in [0.25, 0.3) is 5.91 Å². The van der Waals surface area contributed by atoms with E-state index >= 15 is 0 Å². The van der Waals surface area contributed by atoms with Crippen molar-refractivity contribution in [1.82, 2.24) is 10.3 Å². The SMILES string of the molecule is O=C(NC(c1cccc(Cl)c1)C1CCCC1)c1cccc(=O)[nH]1. The Morgan fingerprint density at radius 2 is 1.91 bits per heavy atom. The fraction of sp³-hybridized carbons (Fsp3) is 0.333. The van der Waals surface area contributed by atoms with Crippen LogP contribution in [0.4, 0.5) is 0 Å². The minimum absolute atomic E-state index is 0.0904. The molecule has 4 nitrogen and oxygen atoms in total. The lowest BCUT2D eigenvalue weighted by atomic mass is 9.91. The molecule has 0 saturated heterocycles. The van der Waals surface area contributed by atoms with Crippen molar-refractivity contribution in [3.8, 4) is 0 Å².